The number of halogens is 1. The fourth-order valence-electron chi connectivity index (χ4n) is 3.42. The molecule has 9 heteroatoms. The van der Waals surface area contributed by atoms with E-state index < -0.39 is 11.9 Å². The molecule has 1 atom stereocenters. The smallest absolute Gasteiger partial charge is 0.263 e. The van der Waals surface area contributed by atoms with Crippen molar-refractivity contribution >= 4 is 11.7 Å². The van der Waals surface area contributed by atoms with Crippen LogP contribution in [0, 0.1) is 12.7 Å². The molecule has 8 nitrogen and oxygen atoms in total. The number of nitrogens with zero attached hydrogens (tertiary/aromatic N) is 6. The number of anilines is 1. The van der Waals surface area contributed by atoms with Crippen molar-refractivity contribution in [2.24, 2.45) is 0 Å². The van der Waals surface area contributed by atoms with Gasteiger partial charge in [-0.2, -0.15) is 0 Å². The minimum absolute atomic E-state index is 0.0838. The second-order valence-electron chi connectivity index (χ2n) is 7.10. The van der Waals surface area contributed by atoms with Gasteiger partial charge in [0.1, 0.15) is 23.8 Å². The Hall–Kier alpha value is -3.49. The zero-order chi connectivity index (χ0) is 21.1. The lowest BCUT2D eigenvalue weighted by molar-refractivity contribution is -0.138. The second kappa shape index (κ2) is 8.48. The summed E-state index contributed by atoms with van der Waals surface area (Å²) in [5.41, 5.74) is 0. The number of aromatic nitrogens is 4. The van der Waals surface area contributed by atoms with Crippen molar-refractivity contribution in [1.29, 1.82) is 0 Å². The molecule has 0 aliphatic carbocycles. The number of imidazole rings is 1. The van der Waals surface area contributed by atoms with Crippen LogP contribution in [0.1, 0.15) is 12.7 Å². The Morgan fingerprint density at radius 1 is 1.13 bits per heavy atom. The van der Waals surface area contributed by atoms with Crippen molar-refractivity contribution in [3.8, 4) is 11.6 Å². The highest BCUT2D eigenvalue weighted by Crippen LogP contribution is 2.20. The number of rotatable bonds is 5. The van der Waals surface area contributed by atoms with Gasteiger partial charge < -0.3 is 14.5 Å². The van der Waals surface area contributed by atoms with E-state index in [0.29, 0.717) is 32.0 Å². The molecule has 1 aromatic carbocycles. The maximum absolute atomic E-state index is 13.8. The number of hydrogen-bond donors (Lipinski definition) is 0. The van der Waals surface area contributed by atoms with Gasteiger partial charge in [0.25, 0.3) is 5.91 Å². The summed E-state index contributed by atoms with van der Waals surface area (Å²) in [6.07, 6.45) is 4.46. The van der Waals surface area contributed by atoms with Crippen LogP contribution in [0.5, 0.6) is 5.75 Å². The first kappa shape index (κ1) is 19.8. The van der Waals surface area contributed by atoms with Gasteiger partial charge in [-0.15, -0.1) is 0 Å². The lowest BCUT2D eigenvalue weighted by Crippen LogP contribution is -2.52. The first-order chi connectivity index (χ1) is 14.5. The number of carbonyl (C=O) groups is 1. The predicted molar refractivity (Wildman–Crippen MR) is 109 cm³/mol. The van der Waals surface area contributed by atoms with E-state index in [2.05, 4.69) is 19.9 Å². The first-order valence-electron chi connectivity index (χ1n) is 9.80. The van der Waals surface area contributed by atoms with Crippen LogP contribution in [0.25, 0.3) is 5.82 Å². The van der Waals surface area contributed by atoms with Crippen molar-refractivity contribution in [3.63, 3.8) is 0 Å². The van der Waals surface area contributed by atoms with Crippen LogP contribution in [-0.2, 0) is 4.79 Å². The number of para-hydroxylation sites is 1. The predicted octanol–water partition coefficient (Wildman–Crippen LogP) is 2.23. The third kappa shape index (κ3) is 4.24. The molecule has 1 aliphatic heterocycles. The number of piperazine rings is 1. The Balaban J connectivity index is 1.39. The van der Waals surface area contributed by atoms with Gasteiger partial charge in [-0.3, -0.25) is 9.36 Å². The van der Waals surface area contributed by atoms with Gasteiger partial charge in [0, 0.05) is 44.6 Å². The average molecular weight is 410 g/mol. The summed E-state index contributed by atoms with van der Waals surface area (Å²) in [4.78, 5) is 29.7. The zero-order valence-electron chi connectivity index (χ0n) is 16.9. The molecule has 1 saturated heterocycles. The van der Waals surface area contributed by atoms with E-state index in [9.17, 15) is 9.18 Å². The molecule has 4 rings (SSSR count). The van der Waals surface area contributed by atoms with Gasteiger partial charge in [-0.05, 0) is 26.0 Å². The van der Waals surface area contributed by atoms with Gasteiger partial charge in [0.2, 0.25) is 0 Å². The van der Waals surface area contributed by atoms with Crippen molar-refractivity contribution < 1.29 is 13.9 Å². The quantitative estimate of drug-likeness (QED) is 0.642. The number of amides is 1. The van der Waals surface area contributed by atoms with Crippen molar-refractivity contribution in [3.05, 3.63) is 60.7 Å². The van der Waals surface area contributed by atoms with E-state index >= 15 is 0 Å². The van der Waals surface area contributed by atoms with Gasteiger partial charge >= 0.3 is 0 Å². The molecule has 0 radical (unpaired) electrons. The molecule has 156 valence electrons. The van der Waals surface area contributed by atoms with E-state index in [0.717, 1.165) is 11.6 Å². The summed E-state index contributed by atoms with van der Waals surface area (Å²) in [6.45, 7) is 5.84. The maximum Gasteiger partial charge on any atom is 0.263 e. The standard InChI is InChI=1S/C21H23FN6O2/c1-15(30-18-6-4-3-5-17(18)22)21(29)27-11-9-26(10-12-27)19-13-20(25-16(2)24-19)28-8-7-23-14-28/h3-8,13-15H,9-12H2,1-2H3. The maximum atomic E-state index is 13.8. The molecule has 3 heterocycles. The molecule has 0 saturated carbocycles. The van der Waals surface area contributed by atoms with Crippen molar-refractivity contribution in [2.45, 2.75) is 20.0 Å². The second-order valence-corrected chi connectivity index (χ2v) is 7.10. The van der Waals surface area contributed by atoms with Crippen LogP contribution in [0.4, 0.5) is 10.2 Å². The van der Waals surface area contributed by atoms with E-state index in [1.54, 1.807) is 36.5 Å². The minimum atomic E-state index is -0.761. The van der Waals surface area contributed by atoms with Crippen LogP contribution in [-0.4, -0.2) is 62.6 Å². The molecular weight excluding hydrogens is 387 g/mol. The largest absolute Gasteiger partial charge is 0.478 e. The number of ether oxygens (including phenoxy) is 1. The summed E-state index contributed by atoms with van der Waals surface area (Å²) in [5.74, 6) is 1.68. The number of benzene rings is 1. The van der Waals surface area contributed by atoms with E-state index in [-0.39, 0.29) is 11.7 Å². The molecule has 1 amide bonds. The normalized spacial score (nSPS) is 15.2. The molecule has 0 spiro atoms. The van der Waals surface area contributed by atoms with Gasteiger partial charge in [-0.1, -0.05) is 12.1 Å². The number of carbonyl (C=O) groups excluding carboxylic acids is 1. The van der Waals surface area contributed by atoms with Crippen LogP contribution >= 0.6 is 0 Å². The Morgan fingerprint density at radius 2 is 1.87 bits per heavy atom. The monoisotopic (exact) mass is 410 g/mol. The van der Waals surface area contributed by atoms with Crippen LogP contribution in [0.2, 0.25) is 0 Å². The van der Waals surface area contributed by atoms with E-state index in [1.165, 1.54) is 12.1 Å². The molecule has 30 heavy (non-hydrogen) atoms. The summed E-state index contributed by atoms with van der Waals surface area (Å²) in [7, 11) is 0. The fourth-order valence-corrected chi connectivity index (χ4v) is 3.42. The number of aryl methyl sites for hydroxylation is 1. The Morgan fingerprint density at radius 3 is 2.57 bits per heavy atom. The topological polar surface area (TPSA) is 76.4 Å². The Kier molecular flexibility index (Phi) is 5.60. The highest BCUT2D eigenvalue weighted by Gasteiger charge is 2.27. The van der Waals surface area contributed by atoms with Crippen molar-refractivity contribution in [1.82, 2.24) is 24.4 Å². The average Bonchev–Trinajstić information content (AvgIpc) is 3.29. The molecule has 3 aromatic rings. The third-order valence-corrected chi connectivity index (χ3v) is 4.98. The highest BCUT2D eigenvalue weighted by atomic mass is 19.1. The summed E-state index contributed by atoms with van der Waals surface area (Å²) >= 11 is 0. The van der Waals surface area contributed by atoms with E-state index in [4.69, 9.17) is 4.74 Å². The SMILES string of the molecule is Cc1nc(N2CCN(C(=O)C(C)Oc3ccccc3F)CC2)cc(-n2ccnc2)n1. The molecule has 2 aromatic heterocycles. The van der Waals surface area contributed by atoms with Crippen LogP contribution in [0.3, 0.4) is 0 Å². The van der Waals surface area contributed by atoms with Gasteiger partial charge in [0.05, 0.1) is 0 Å². The highest BCUT2D eigenvalue weighted by molar-refractivity contribution is 5.81. The summed E-state index contributed by atoms with van der Waals surface area (Å²) in [5, 5.41) is 0. The molecular formula is C21H23FN6O2. The summed E-state index contributed by atoms with van der Waals surface area (Å²) < 4.78 is 21.2. The van der Waals surface area contributed by atoms with Crippen LogP contribution < -0.4 is 9.64 Å². The zero-order valence-corrected chi connectivity index (χ0v) is 16.9. The Bertz CT molecular complexity index is 1020. The van der Waals surface area contributed by atoms with Gasteiger partial charge in [0.15, 0.2) is 17.7 Å². The third-order valence-electron chi connectivity index (χ3n) is 4.98. The van der Waals surface area contributed by atoms with Crippen LogP contribution in [0.15, 0.2) is 49.1 Å². The van der Waals surface area contributed by atoms with E-state index in [1.807, 2.05) is 23.8 Å². The van der Waals surface area contributed by atoms with Gasteiger partial charge in [-0.25, -0.2) is 19.3 Å². The number of hydrogen-bond acceptors (Lipinski definition) is 6. The molecule has 1 fully saturated rings. The molecule has 1 aliphatic rings. The molecule has 0 bridgehead atoms. The molecule has 1 unspecified atom stereocenters. The molecule has 0 N–H and O–H groups in total. The fraction of sp³-hybridized carbons (Fsp3) is 0.333. The Labute approximate surface area is 173 Å². The lowest BCUT2D eigenvalue weighted by atomic mass is 10.2. The summed E-state index contributed by atoms with van der Waals surface area (Å²) in [6, 6.07) is 8.01. The minimum Gasteiger partial charge on any atom is -0.478 e. The van der Waals surface area contributed by atoms with Crippen molar-refractivity contribution in [2.75, 3.05) is 31.1 Å². The first-order valence-corrected chi connectivity index (χ1v) is 9.80. The lowest BCUT2D eigenvalue weighted by Gasteiger charge is -2.36.